The van der Waals surface area contributed by atoms with E-state index in [4.69, 9.17) is 4.74 Å². The highest BCUT2D eigenvalue weighted by Gasteiger charge is 2.34. The van der Waals surface area contributed by atoms with Gasteiger partial charge in [0.25, 0.3) is 5.91 Å². The van der Waals surface area contributed by atoms with Crippen LogP contribution in [0.5, 0.6) is 0 Å². The Balaban J connectivity index is 1.54. The smallest absolute Gasteiger partial charge is 0.417 e. The minimum absolute atomic E-state index is 0.0692. The number of carbonyl (C=O) groups is 2. The van der Waals surface area contributed by atoms with E-state index in [-0.39, 0.29) is 18.0 Å². The van der Waals surface area contributed by atoms with Crippen LogP contribution < -0.4 is 4.90 Å². The standard InChI is InChI=1S/C29H23F3N2O3/c1-18-15-19(11-13-22(18)23-8-4-5-9-24(23)29(30,31)32)27(35)34-17-21-12-14-26(28(36)37-2)33(21)16-20-7-3-6-10-25(20)34/h3-15H,16-17H2,1-2H3. The zero-order valence-corrected chi connectivity index (χ0v) is 20.2. The highest BCUT2D eigenvalue weighted by Crippen LogP contribution is 2.38. The zero-order chi connectivity index (χ0) is 26.3. The van der Waals surface area contributed by atoms with Gasteiger partial charge in [0.1, 0.15) is 5.69 Å². The molecule has 1 aliphatic rings. The number of carbonyl (C=O) groups excluding carboxylic acids is 2. The first kappa shape index (κ1) is 24.4. The Bertz CT molecular complexity index is 1520. The molecule has 37 heavy (non-hydrogen) atoms. The SMILES string of the molecule is COC(=O)c1ccc2n1Cc1ccccc1N(C(=O)c1ccc(-c3ccccc3C(F)(F)F)c(C)c1)C2. The molecule has 0 spiro atoms. The molecule has 2 heterocycles. The average molecular weight is 505 g/mol. The second-order valence-electron chi connectivity index (χ2n) is 8.88. The van der Waals surface area contributed by atoms with E-state index in [0.717, 1.165) is 17.3 Å². The molecular formula is C29H23F3N2O3. The fraction of sp³-hybridized carbons (Fsp3) is 0.172. The Morgan fingerprint density at radius 3 is 2.32 bits per heavy atom. The summed E-state index contributed by atoms with van der Waals surface area (Å²) < 4.78 is 47.5. The van der Waals surface area contributed by atoms with Gasteiger partial charge in [-0.15, -0.1) is 0 Å². The fourth-order valence-corrected chi connectivity index (χ4v) is 4.84. The highest BCUT2D eigenvalue weighted by molar-refractivity contribution is 6.07. The Morgan fingerprint density at radius 2 is 1.59 bits per heavy atom. The van der Waals surface area contributed by atoms with E-state index in [0.29, 0.717) is 34.6 Å². The van der Waals surface area contributed by atoms with E-state index in [9.17, 15) is 22.8 Å². The molecule has 0 saturated carbocycles. The number of nitrogens with zero attached hydrogens (tertiary/aromatic N) is 2. The minimum atomic E-state index is -4.49. The maximum Gasteiger partial charge on any atom is 0.417 e. The summed E-state index contributed by atoms with van der Waals surface area (Å²) in [6.07, 6.45) is -4.49. The molecule has 0 atom stereocenters. The molecule has 0 radical (unpaired) electrons. The van der Waals surface area contributed by atoms with Crippen LogP contribution in [0.3, 0.4) is 0 Å². The fourth-order valence-electron chi connectivity index (χ4n) is 4.84. The number of aromatic nitrogens is 1. The molecule has 0 unspecified atom stereocenters. The van der Waals surface area contributed by atoms with Crippen LogP contribution in [0.25, 0.3) is 11.1 Å². The topological polar surface area (TPSA) is 51.5 Å². The van der Waals surface area contributed by atoms with E-state index in [2.05, 4.69) is 0 Å². The predicted octanol–water partition coefficient (Wildman–Crippen LogP) is 6.48. The van der Waals surface area contributed by atoms with Crippen LogP contribution in [0.2, 0.25) is 0 Å². The van der Waals surface area contributed by atoms with Crippen molar-refractivity contribution in [1.29, 1.82) is 0 Å². The van der Waals surface area contributed by atoms with Crippen molar-refractivity contribution in [2.45, 2.75) is 26.2 Å². The molecule has 5 rings (SSSR count). The van der Waals surface area contributed by atoms with Crippen LogP contribution in [0.15, 0.2) is 78.9 Å². The number of ether oxygens (including phenoxy) is 1. The van der Waals surface area contributed by atoms with Gasteiger partial charge in [0.15, 0.2) is 0 Å². The number of esters is 1. The van der Waals surface area contributed by atoms with Crippen molar-refractivity contribution in [1.82, 2.24) is 4.57 Å². The molecule has 4 aromatic rings. The third kappa shape index (κ3) is 4.39. The number of halogens is 3. The number of hydrogen-bond donors (Lipinski definition) is 0. The van der Waals surface area contributed by atoms with Crippen molar-refractivity contribution in [2.75, 3.05) is 12.0 Å². The first-order valence-corrected chi connectivity index (χ1v) is 11.6. The normalized spacial score (nSPS) is 12.9. The Hall–Kier alpha value is -4.33. The van der Waals surface area contributed by atoms with Crippen LogP contribution in [-0.2, 0) is 24.0 Å². The summed E-state index contributed by atoms with van der Waals surface area (Å²) in [7, 11) is 1.32. The van der Waals surface area contributed by atoms with Crippen molar-refractivity contribution in [2.24, 2.45) is 0 Å². The lowest BCUT2D eigenvalue weighted by molar-refractivity contribution is -0.137. The quantitative estimate of drug-likeness (QED) is 0.300. The van der Waals surface area contributed by atoms with Gasteiger partial charge in [-0.25, -0.2) is 4.79 Å². The largest absolute Gasteiger partial charge is 0.464 e. The number of fused-ring (bicyclic) bond motifs is 2. The summed E-state index contributed by atoms with van der Waals surface area (Å²) in [6, 6.07) is 21.1. The molecule has 3 aromatic carbocycles. The lowest BCUT2D eigenvalue weighted by Gasteiger charge is -2.23. The average Bonchev–Trinajstić information content (AvgIpc) is 3.20. The van der Waals surface area contributed by atoms with Crippen LogP contribution >= 0.6 is 0 Å². The summed E-state index contributed by atoms with van der Waals surface area (Å²) in [6.45, 7) is 2.30. The van der Waals surface area contributed by atoms with Gasteiger partial charge in [0, 0.05) is 16.9 Å². The van der Waals surface area contributed by atoms with Gasteiger partial charge in [-0.05, 0) is 65.6 Å². The van der Waals surface area contributed by atoms with Crippen LogP contribution in [0.1, 0.15) is 43.2 Å². The minimum Gasteiger partial charge on any atom is -0.464 e. The number of para-hydroxylation sites is 1. The van der Waals surface area contributed by atoms with Gasteiger partial charge in [-0.3, -0.25) is 4.79 Å². The Kier molecular flexibility index (Phi) is 6.11. The lowest BCUT2D eigenvalue weighted by atomic mass is 9.94. The van der Waals surface area contributed by atoms with Crippen molar-refractivity contribution >= 4 is 17.6 Å². The second-order valence-corrected chi connectivity index (χ2v) is 8.88. The number of hydrogen-bond acceptors (Lipinski definition) is 3. The number of amides is 1. The van der Waals surface area contributed by atoms with E-state index in [1.807, 2.05) is 28.8 Å². The van der Waals surface area contributed by atoms with Gasteiger partial charge < -0.3 is 14.2 Å². The summed E-state index contributed by atoms with van der Waals surface area (Å²) in [4.78, 5) is 27.7. The molecule has 188 valence electrons. The summed E-state index contributed by atoms with van der Waals surface area (Å²) in [5.74, 6) is -0.755. The maximum atomic E-state index is 13.8. The summed E-state index contributed by atoms with van der Waals surface area (Å²) >= 11 is 0. The predicted molar refractivity (Wildman–Crippen MR) is 133 cm³/mol. The summed E-state index contributed by atoms with van der Waals surface area (Å²) in [5.41, 5.74) is 3.38. The molecule has 0 N–H and O–H groups in total. The van der Waals surface area contributed by atoms with Crippen molar-refractivity contribution in [3.8, 4) is 11.1 Å². The van der Waals surface area contributed by atoms with Crippen molar-refractivity contribution < 1.29 is 27.5 Å². The van der Waals surface area contributed by atoms with Gasteiger partial charge in [-0.2, -0.15) is 13.2 Å². The van der Waals surface area contributed by atoms with Gasteiger partial charge in [0.2, 0.25) is 0 Å². The number of rotatable bonds is 3. The second kappa shape index (κ2) is 9.28. The maximum absolute atomic E-state index is 13.8. The number of benzene rings is 3. The first-order valence-electron chi connectivity index (χ1n) is 11.6. The monoisotopic (exact) mass is 504 g/mol. The number of methoxy groups -OCH3 is 1. The van der Waals surface area contributed by atoms with Crippen molar-refractivity contribution in [3.05, 3.63) is 113 Å². The molecule has 8 heteroatoms. The molecule has 0 fully saturated rings. The Morgan fingerprint density at radius 1 is 0.865 bits per heavy atom. The van der Waals surface area contributed by atoms with Crippen LogP contribution in [0, 0.1) is 6.92 Å². The Labute approximate surface area is 211 Å². The van der Waals surface area contributed by atoms with E-state index in [1.165, 1.54) is 19.2 Å². The third-order valence-corrected chi connectivity index (χ3v) is 6.64. The third-order valence-electron chi connectivity index (χ3n) is 6.64. The van der Waals surface area contributed by atoms with E-state index < -0.39 is 17.7 Å². The molecule has 5 nitrogen and oxygen atoms in total. The van der Waals surface area contributed by atoms with Gasteiger partial charge in [0.05, 0.1) is 25.8 Å². The van der Waals surface area contributed by atoms with E-state index >= 15 is 0 Å². The lowest BCUT2D eigenvalue weighted by Crippen LogP contribution is -2.30. The molecular weight excluding hydrogens is 481 g/mol. The zero-order valence-electron chi connectivity index (χ0n) is 20.2. The van der Waals surface area contributed by atoms with Gasteiger partial charge in [-0.1, -0.05) is 42.5 Å². The number of aryl methyl sites for hydroxylation is 1. The van der Waals surface area contributed by atoms with Crippen molar-refractivity contribution in [3.63, 3.8) is 0 Å². The molecule has 1 aliphatic heterocycles. The van der Waals surface area contributed by atoms with E-state index in [1.54, 1.807) is 48.2 Å². The highest BCUT2D eigenvalue weighted by atomic mass is 19.4. The first-order chi connectivity index (χ1) is 17.7. The molecule has 0 aliphatic carbocycles. The van der Waals surface area contributed by atoms with Crippen LogP contribution in [0.4, 0.5) is 18.9 Å². The number of anilines is 1. The molecule has 1 aromatic heterocycles. The summed E-state index contributed by atoms with van der Waals surface area (Å²) in [5, 5.41) is 0. The molecule has 0 bridgehead atoms. The molecule has 0 saturated heterocycles. The van der Waals surface area contributed by atoms with Gasteiger partial charge >= 0.3 is 12.1 Å². The number of alkyl halides is 3. The van der Waals surface area contributed by atoms with Crippen LogP contribution in [-0.4, -0.2) is 23.6 Å². The molecule has 1 amide bonds.